The SMILES string of the molecule is CC1NC(c2cccc(Cl)c2)N(CC(C)C(C)(C)C)C1=O. The molecule has 0 aromatic heterocycles. The van der Waals surface area contributed by atoms with Crippen LogP contribution in [0.25, 0.3) is 0 Å². The van der Waals surface area contributed by atoms with Crippen LogP contribution in [-0.4, -0.2) is 23.4 Å². The van der Waals surface area contributed by atoms with E-state index >= 15 is 0 Å². The molecule has 0 spiro atoms. The van der Waals surface area contributed by atoms with Crippen LogP contribution in [0, 0.1) is 11.3 Å². The van der Waals surface area contributed by atoms with E-state index in [9.17, 15) is 4.79 Å². The van der Waals surface area contributed by atoms with Gasteiger partial charge in [0, 0.05) is 11.6 Å². The number of carbonyl (C=O) groups excluding carboxylic acids is 1. The predicted molar refractivity (Wildman–Crippen MR) is 87.1 cm³/mol. The molecule has 1 heterocycles. The maximum Gasteiger partial charge on any atom is 0.241 e. The molecule has 1 N–H and O–H groups in total. The highest BCUT2D eigenvalue weighted by Crippen LogP contribution is 2.32. The molecule has 3 unspecified atom stereocenters. The van der Waals surface area contributed by atoms with E-state index in [0.29, 0.717) is 10.9 Å². The zero-order chi connectivity index (χ0) is 15.8. The lowest BCUT2D eigenvalue weighted by molar-refractivity contribution is -0.130. The number of nitrogens with one attached hydrogen (secondary N) is 1. The molecule has 1 aromatic carbocycles. The molecule has 1 fully saturated rings. The van der Waals surface area contributed by atoms with Gasteiger partial charge in [0.2, 0.25) is 5.91 Å². The van der Waals surface area contributed by atoms with Gasteiger partial charge in [0.15, 0.2) is 0 Å². The molecule has 4 heteroatoms. The second-order valence-electron chi connectivity index (χ2n) is 7.10. The molecule has 1 aromatic rings. The van der Waals surface area contributed by atoms with Crippen molar-refractivity contribution < 1.29 is 4.79 Å². The molecule has 1 saturated heterocycles. The number of halogens is 1. The van der Waals surface area contributed by atoms with Crippen LogP contribution in [0.3, 0.4) is 0 Å². The minimum atomic E-state index is -0.152. The van der Waals surface area contributed by atoms with Gasteiger partial charge in [-0.05, 0) is 36.0 Å². The third-order valence-electron chi connectivity index (χ3n) is 4.49. The summed E-state index contributed by atoms with van der Waals surface area (Å²) in [7, 11) is 0. The topological polar surface area (TPSA) is 32.3 Å². The van der Waals surface area contributed by atoms with E-state index in [0.717, 1.165) is 12.1 Å². The van der Waals surface area contributed by atoms with Crippen molar-refractivity contribution in [3.8, 4) is 0 Å². The van der Waals surface area contributed by atoms with Gasteiger partial charge in [-0.25, -0.2) is 0 Å². The Morgan fingerprint density at radius 2 is 2.05 bits per heavy atom. The fraction of sp³-hybridized carbons (Fsp3) is 0.588. The van der Waals surface area contributed by atoms with Crippen LogP contribution in [0.2, 0.25) is 5.02 Å². The van der Waals surface area contributed by atoms with Crippen molar-refractivity contribution in [2.75, 3.05) is 6.54 Å². The standard InChI is InChI=1S/C17H25ClN2O/c1-11(17(3,4)5)10-20-15(19-12(2)16(20)21)13-7-6-8-14(18)9-13/h6-9,11-12,15,19H,10H2,1-5H3. The first kappa shape index (κ1) is 16.3. The summed E-state index contributed by atoms with van der Waals surface area (Å²) in [4.78, 5) is 14.4. The number of amides is 1. The molecule has 1 amide bonds. The van der Waals surface area contributed by atoms with E-state index in [-0.39, 0.29) is 23.5 Å². The van der Waals surface area contributed by atoms with Crippen LogP contribution in [0.15, 0.2) is 24.3 Å². The Kier molecular flexibility index (Phi) is 4.64. The molecule has 0 aliphatic carbocycles. The molecule has 3 atom stereocenters. The van der Waals surface area contributed by atoms with Crippen LogP contribution in [-0.2, 0) is 4.79 Å². The van der Waals surface area contributed by atoms with Crippen molar-refractivity contribution in [1.29, 1.82) is 0 Å². The normalized spacial score (nSPS) is 24.5. The number of rotatable bonds is 3. The Bertz CT molecular complexity index is 524. The van der Waals surface area contributed by atoms with Crippen molar-refractivity contribution in [2.24, 2.45) is 11.3 Å². The highest BCUT2D eigenvalue weighted by Gasteiger charge is 2.39. The van der Waals surface area contributed by atoms with E-state index in [4.69, 9.17) is 11.6 Å². The van der Waals surface area contributed by atoms with Gasteiger partial charge in [0.05, 0.1) is 6.04 Å². The van der Waals surface area contributed by atoms with Gasteiger partial charge in [-0.1, -0.05) is 51.4 Å². The third-order valence-corrected chi connectivity index (χ3v) is 4.72. The molecule has 116 valence electrons. The minimum Gasteiger partial charge on any atom is -0.321 e. The summed E-state index contributed by atoms with van der Waals surface area (Å²) >= 11 is 6.09. The number of benzene rings is 1. The van der Waals surface area contributed by atoms with E-state index in [2.05, 4.69) is 33.0 Å². The smallest absolute Gasteiger partial charge is 0.241 e. The first-order valence-corrected chi connectivity index (χ1v) is 7.90. The van der Waals surface area contributed by atoms with E-state index in [1.807, 2.05) is 36.1 Å². The molecule has 0 bridgehead atoms. The largest absolute Gasteiger partial charge is 0.321 e. The molecule has 1 aliphatic heterocycles. The second kappa shape index (κ2) is 5.98. The Balaban J connectivity index is 2.25. The summed E-state index contributed by atoms with van der Waals surface area (Å²) in [5.74, 6) is 0.575. The van der Waals surface area contributed by atoms with Crippen molar-refractivity contribution in [1.82, 2.24) is 10.2 Å². The Hall–Kier alpha value is -1.06. The van der Waals surface area contributed by atoms with E-state index < -0.39 is 0 Å². The van der Waals surface area contributed by atoms with Crippen molar-refractivity contribution >= 4 is 17.5 Å². The van der Waals surface area contributed by atoms with Gasteiger partial charge in [-0.3, -0.25) is 10.1 Å². The molecule has 1 aliphatic rings. The number of carbonyl (C=O) groups is 1. The van der Waals surface area contributed by atoms with Crippen molar-refractivity contribution in [3.63, 3.8) is 0 Å². The molecule has 0 radical (unpaired) electrons. The van der Waals surface area contributed by atoms with Gasteiger partial charge in [-0.2, -0.15) is 0 Å². The van der Waals surface area contributed by atoms with Gasteiger partial charge in [-0.15, -0.1) is 0 Å². The number of hydrogen-bond donors (Lipinski definition) is 1. The van der Waals surface area contributed by atoms with Crippen LogP contribution >= 0.6 is 11.6 Å². The van der Waals surface area contributed by atoms with Crippen LogP contribution < -0.4 is 5.32 Å². The van der Waals surface area contributed by atoms with Crippen molar-refractivity contribution in [2.45, 2.75) is 46.8 Å². The van der Waals surface area contributed by atoms with Crippen LogP contribution in [0.5, 0.6) is 0 Å². The fourth-order valence-corrected chi connectivity index (χ4v) is 2.69. The Morgan fingerprint density at radius 3 is 2.62 bits per heavy atom. The highest BCUT2D eigenvalue weighted by atomic mass is 35.5. The lowest BCUT2D eigenvalue weighted by Crippen LogP contribution is -2.38. The maximum atomic E-state index is 12.5. The zero-order valence-corrected chi connectivity index (χ0v) is 14.2. The molecule has 3 nitrogen and oxygen atoms in total. The first-order chi connectivity index (χ1) is 9.70. The van der Waals surface area contributed by atoms with Crippen molar-refractivity contribution in [3.05, 3.63) is 34.9 Å². The summed E-state index contributed by atoms with van der Waals surface area (Å²) in [6.07, 6.45) is -0.0870. The fourth-order valence-electron chi connectivity index (χ4n) is 2.49. The monoisotopic (exact) mass is 308 g/mol. The Labute approximate surface area is 132 Å². The average molecular weight is 309 g/mol. The van der Waals surface area contributed by atoms with E-state index in [1.54, 1.807) is 0 Å². The lowest BCUT2D eigenvalue weighted by atomic mass is 9.81. The zero-order valence-electron chi connectivity index (χ0n) is 13.5. The number of hydrogen-bond acceptors (Lipinski definition) is 2. The molecular formula is C17H25ClN2O. The van der Waals surface area contributed by atoms with Crippen LogP contribution in [0.1, 0.15) is 46.3 Å². The molecule has 2 rings (SSSR count). The average Bonchev–Trinajstić information content (AvgIpc) is 2.66. The molecule has 0 saturated carbocycles. The van der Waals surface area contributed by atoms with Gasteiger partial charge >= 0.3 is 0 Å². The minimum absolute atomic E-state index is 0.0870. The lowest BCUT2D eigenvalue weighted by Gasteiger charge is -2.34. The molecule has 21 heavy (non-hydrogen) atoms. The first-order valence-electron chi connectivity index (χ1n) is 7.52. The second-order valence-corrected chi connectivity index (χ2v) is 7.54. The van der Waals surface area contributed by atoms with Gasteiger partial charge in [0.25, 0.3) is 0 Å². The summed E-state index contributed by atoms with van der Waals surface area (Å²) < 4.78 is 0. The van der Waals surface area contributed by atoms with E-state index in [1.165, 1.54) is 0 Å². The maximum absolute atomic E-state index is 12.5. The Morgan fingerprint density at radius 1 is 1.38 bits per heavy atom. The third kappa shape index (κ3) is 3.58. The predicted octanol–water partition coefficient (Wildman–Crippen LogP) is 3.84. The molecular weight excluding hydrogens is 284 g/mol. The summed E-state index contributed by atoms with van der Waals surface area (Å²) in [6.45, 7) is 11.5. The quantitative estimate of drug-likeness (QED) is 0.920. The highest BCUT2D eigenvalue weighted by molar-refractivity contribution is 6.30. The summed E-state index contributed by atoms with van der Waals surface area (Å²) in [6, 6.07) is 7.58. The number of nitrogens with zero attached hydrogens (tertiary/aromatic N) is 1. The summed E-state index contributed by atoms with van der Waals surface area (Å²) in [5, 5.41) is 4.07. The van der Waals surface area contributed by atoms with Crippen LogP contribution in [0.4, 0.5) is 0 Å². The summed E-state index contributed by atoms with van der Waals surface area (Å²) in [5.41, 5.74) is 1.21. The van der Waals surface area contributed by atoms with Gasteiger partial charge < -0.3 is 4.90 Å². The van der Waals surface area contributed by atoms with Gasteiger partial charge in [0.1, 0.15) is 6.17 Å².